The van der Waals surface area contributed by atoms with Gasteiger partial charge in [-0.05, 0) is 36.0 Å². The third-order valence-corrected chi connectivity index (χ3v) is 14.2. The van der Waals surface area contributed by atoms with Gasteiger partial charge in [0.25, 0.3) is 0 Å². The van der Waals surface area contributed by atoms with Crippen LogP contribution < -0.4 is 0 Å². The lowest BCUT2D eigenvalue weighted by Crippen LogP contribution is -2.15. The summed E-state index contributed by atoms with van der Waals surface area (Å²) in [4.78, 5) is 4.24. The van der Waals surface area contributed by atoms with E-state index in [0.29, 0.717) is 0 Å². The summed E-state index contributed by atoms with van der Waals surface area (Å²) in [6, 6.07) is 2.24. The van der Waals surface area contributed by atoms with Crippen LogP contribution in [0.25, 0.3) is 0 Å². The highest BCUT2D eigenvalue weighted by atomic mass is 32.6. The monoisotopic (exact) mass is 275 g/mol. The van der Waals surface area contributed by atoms with Crippen LogP contribution in [0.5, 0.6) is 0 Å². The number of pyridine rings is 1. The summed E-state index contributed by atoms with van der Waals surface area (Å²) in [5, 5.41) is 0. The van der Waals surface area contributed by atoms with Gasteiger partial charge in [-0.15, -0.1) is 17.9 Å². The summed E-state index contributed by atoms with van der Waals surface area (Å²) in [5.74, 6) is 0.830. The van der Waals surface area contributed by atoms with Gasteiger partial charge in [0.2, 0.25) is 0 Å². The van der Waals surface area contributed by atoms with Crippen molar-refractivity contribution in [3.8, 4) is 0 Å². The molecule has 5 heteroatoms. The van der Waals surface area contributed by atoms with Gasteiger partial charge in [0, 0.05) is 18.1 Å². The molecule has 0 spiro atoms. The molecule has 4 unspecified atom stereocenters. The molecule has 1 heterocycles. The first-order valence-corrected chi connectivity index (χ1v) is 11.8. The van der Waals surface area contributed by atoms with E-state index in [1.165, 1.54) is 18.4 Å². The van der Waals surface area contributed by atoms with Crippen LogP contribution in [0.15, 0.2) is 18.5 Å². The number of hydrogen-bond donors (Lipinski definition) is 0. The van der Waals surface area contributed by atoms with Crippen molar-refractivity contribution >= 4 is 33.1 Å². The molecule has 0 saturated carbocycles. The molecule has 1 aliphatic rings. The smallest absolute Gasteiger partial charge is 0.0302 e. The van der Waals surface area contributed by atoms with Crippen molar-refractivity contribution in [3.05, 3.63) is 29.6 Å². The molecule has 15 heavy (non-hydrogen) atoms. The van der Waals surface area contributed by atoms with Crippen LogP contribution in [-0.2, 0) is 6.42 Å². The molecule has 0 radical (unpaired) electrons. The Hall–Kier alpha value is 0.870. The van der Waals surface area contributed by atoms with Crippen molar-refractivity contribution in [2.24, 2.45) is 5.92 Å². The Labute approximate surface area is 99.2 Å². The highest BCUT2D eigenvalue weighted by Crippen LogP contribution is 2.76. The van der Waals surface area contributed by atoms with E-state index in [0.717, 1.165) is 19.5 Å². The maximum atomic E-state index is 4.24. The number of aryl methyl sites for hydroxylation is 1. The molecule has 82 valence electrons. The van der Waals surface area contributed by atoms with Gasteiger partial charge in [-0.25, -0.2) is 0 Å². The van der Waals surface area contributed by atoms with E-state index < -0.39 is 0 Å². The molecule has 0 amide bonds. The van der Waals surface area contributed by atoms with Crippen LogP contribution >= 0.6 is 33.1 Å². The predicted molar refractivity (Wildman–Crippen MR) is 79.1 cm³/mol. The Morgan fingerprint density at radius 1 is 1.60 bits per heavy atom. The first-order chi connectivity index (χ1) is 7.24. The zero-order valence-corrected chi connectivity index (χ0v) is 13.1. The Morgan fingerprint density at radius 2 is 2.40 bits per heavy atom. The third kappa shape index (κ3) is 2.58. The second kappa shape index (κ2) is 5.47. The topological polar surface area (TPSA) is 12.9 Å². The lowest BCUT2D eigenvalue weighted by molar-refractivity contribution is 0.488. The van der Waals surface area contributed by atoms with E-state index in [4.69, 9.17) is 0 Å². The predicted octanol–water partition coefficient (Wildman–Crippen LogP) is 4.36. The Kier molecular flexibility index (Phi) is 4.50. The van der Waals surface area contributed by atoms with Gasteiger partial charge in [-0.3, -0.25) is 4.98 Å². The second-order valence-corrected chi connectivity index (χ2v) is 13.6. The fourth-order valence-corrected chi connectivity index (χ4v) is 8.17. The SMILES string of the molecule is C[C@H]1CCc2cnccc2[C@H]1P(P)PP. The number of nitrogens with zero attached hydrogens (tertiary/aromatic N) is 1. The van der Waals surface area contributed by atoms with E-state index >= 15 is 0 Å². The van der Waals surface area contributed by atoms with Crippen molar-refractivity contribution in [1.29, 1.82) is 0 Å². The minimum atomic E-state index is 0.0572. The number of hydrogen-bond acceptors (Lipinski definition) is 1. The van der Waals surface area contributed by atoms with Crippen molar-refractivity contribution in [3.63, 3.8) is 0 Å². The van der Waals surface area contributed by atoms with Crippen molar-refractivity contribution < 1.29 is 0 Å². The van der Waals surface area contributed by atoms with Gasteiger partial charge < -0.3 is 0 Å². The highest BCUT2D eigenvalue weighted by molar-refractivity contribution is 8.61. The number of fused-ring (bicyclic) bond motifs is 1. The minimum Gasteiger partial charge on any atom is -0.264 e. The van der Waals surface area contributed by atoms with Crippen molar-refractivity contribution in [2.75, 3.05) is 0 Å². The standard InChI is InChI=1S/C10H17NP4/c1-7-2-3-8-6-11-5-4-9(8)10(7)15(13)14-12/h4-7,10,14H,2-3,12-13H2,1H3/t7-,10-,15?/m0/s1. The van der Waals surface area contributed by atoms with E-state index in [9.17, 15) is 0 Å². The molecule has 0 aromatic carbocycles. The fraction of sp³-hybridized carbons (Fsp3) is 0.500. The fourth-order valence-electron chi connectivity index (χ4n) is 2.29. The first kappa shape index (κ1) is 12.3. The summed E-state index contributed by atoms with van der Waals surface area (Å²) in [6.07, 6.45) is 6.55. The second-order valence-electron chi connectivity index (χ2n) is 4.07. The average Bonchev–Trinajstić information content (AvgIpc) is 2.28. The van der Waals surface area contributed by atoms with Gasteiger partial charge in [-0.1, -0.05) is 22.2 Å². The lowest BCUT2D eigenvalue weighted by Gasteiger charge is -2.34. The summed E-state index contributed by atoms with van der Waals surface area (Å²) in [6.45, 7) is 2.40. The van der Waals surface area contributed by atoms with E-state index in [1.54, 1.807) is 5.56 Å². The summed E-state index contributed by atoms with van der Waals surface area (Å²) in [5.41, 5.74) is 3.83. The van der Waals surface area contributed by atoms with Gasteiger partial charge in [-0.2, -0.15) is 0 Å². The molecule has 1 aromatic heterocycles. The van der Waals surface area contributed by atoms with Crippen LogP contribution in [0.2, 0.25) is 0 Å². The Morgan fingerprint density at radius 3 is 3.13 bits per heavy atom. The maximum absolute atomic E-state index is 4.24. The molecule has 2 rings (SSSR count). The first-order valence-electron chi connectivity index (χ1n) is 5.17. The quantitative estimate of drug-likeness (QED) is 0.731. The Balaban J connectivity index is 2.37. The minimum absolute atomic E-state index is 0.0572. The normalized spacial score (nSPS) is 27.9. The van der Waals surface area contributed by atoms with Crippen LogP contribution in [0.1, 0.15) is 30.1 Å². The van der Waals surface area contributed by atoms with Crippen LogP contribution in [0, 0.1) is 5.92 Å². The number of aromatic nitrogens is 1. The van der Waals surface area contributed by atoms with E-state index in [-0.39, 0.29) is 7.30 Å². The largest absolute Gasteiger partial charge is 0.264 e. The zero-order valence-electron chi connectivity index (χ0n) is 8.85. The average molecular weight is 275 g/mol. The third-order valence-electron chi connectivity index (χ3n) is 3.12. The van der Waals surface area contributed by atoms with Gasteiger partial charge in [0.1, 0.15) is 0 Å². The molecule has 0 N–H and O–H groups in total. The molecular formula is C10H17NP4. The molecule has 0 bridgehead atoms. The van der Waals surface area contributed by atoms with Gasteiger partial charge in [0.05, 0.1) is 0 Å². The van der Waals surface area contributed by atoms with Gasteiger partial charge in [0.15, 0.2) is 0 Å². The summed E-state index contributed by atoms with van der Waals surface area (Å²) in [7, 11) is 7.04. The molecule has 1 aromatic rings. The molecule has 0 saturated heterocycles. The van der Waals surface area contributed by atoms with E-state index in [1.807, 2.05) is 6.20 Å². The van der Waals surface area contributed by atoms with Gasteiger partial charge >= 0.3 is 0 Å². The van der Waals surface area contributed by atoms with Crippen LogP contribution in [0.4, 0.5) is 0 Å². The molecule has 0 aliphatic heterocycles. The van der Waals surface area contributed by atoms with Crippen molar-refractivity contribution in [1.82, 2.24) is 4.98 Å². The maximum Gasteiger partial charge on any atom is 0.0302 e. The van der Waals surface area contributed by atoms with E-state index in [2.05, 4.69) is 42.0 Å². The lowest BCUT2D eigenvalue weighted by atomic mass is 9.85. The molecule has 1 nitrogen and oxygen atoms in total. The highest BCUT2D eigenvalue weighted by Gasteiger charge is 2.30. The summed E-state index contributed by atoms with van der Waals surface area (Å²) < 4.78 is 0. The van der Waals surface area contributed by atoms with Crippen molar-refractivity contribution in [2.45, 2.75) is 25.4 Å². The summed E-state index contributed by atoms with van der Waals surface area (Å²) >= 11 is 0. The molecular weight excluding hydrogens is 258 g/mol. The van der Waals surface area contributed by atoms with Crippen LogP contribution in [-0.4, -0.2) is 4.98 Å². The zero-order chi connectivity index (χ0) is 10.8. The molecule has 6 atom stereocenters. The number of rotatable bonds is 2. The molecule has 0 fully saturated rings. The molecule has 1 aliphatic carbocycles. The van der Waals surface area contributed by atoms with Crippen LogP contribution in [0.3, 0.4) is 0 Å². The Bertz CT molecular complexity index is 344.